The van der Waals surface area contributed by atoms with Gasteiger partial charge in [-0.1, -0.05) is 0 Å². The number of rotatable bonds is 4. The van der Waals surface area contributed by atoms with Crippen LogP contribution in [0.4, 0.5) is 24.7 Å². The van der Waals surface area contributed by atoms with Gasteiger partial charge in [-0.05, 0) is 55.7 Å². The molecule has 0 radical (unpaired) electrons. The zero-order valence-corrected chi connectivity index (χ0v) is 15.9. The average Bonchev–Trinajstić information content (AvgIpc) is 3.18. The molecule has 0 spiro atoms. The number of fused-ring (bicyclic) bond motifs is 1. The van der Waals surface area contributed by atoms with Crippen molar-refractivity contribution in [2.24, 2.45) is 7.05 Å². The standard InChI is InChI=1S/C20H17F3N4O3/c1-26-11-3-6-16(19(26)29)24-17-14-4-2-5-15(14)18(28)27(25-17)12-7-9-13(10-8-12)30-20(21,22)23/h3,6-11H,2,4-5H2,1H3,(H,24,25). The average molecular weight is 418 g/mol. The number of pyridine rings is 1. The fourth-order valence-electron chi connectivity index (χ4n) is 3.46. The molecule has 0 saturated carbocycles. The van der Waals surface area contributed by atoms with Crippen LogP contribution in [0.25, 0.3) is 5.69 Å². The van der Waals surface area contributed by atoms with E-state index in [-0.39, 0.29) is 16.8 Å². The number of benzene rings is 1. The number of aromatic nitrogens is 3. The number of hydrogen-bond acceptors (Lipinski definition) is 5. The fourth-order valence-corrected chi connectivity index (χ4v) is 3.46. The molecule has 0 unspecified atom stereocenters. The van der Waals surface area contributed by atoms with Crippen molar-refractivity contribution in [1.82, 2.24) is 14.3 Å². The van der Waals surface area contributed by atoms with Crippen molar-refractivity contribution in [2.45, 2.75) is 25.6 Å². The molecule has 0 saturated heterocycles. The summed E-state index contributed by atoms with van der Waals surface area (Å²) in [5.41, 5.74) is 1.33. The number of ether oxygens (including phenoxy) is 1. The van der Waals surface area contributed by atoms with Gasteiger partial charge in [0.15, 0.2) is 5.82 Å². The Labute approximate surface area is 168 Å². The van der Waals surface area contributed by atoms with E-state index in [0.717, 1.165) is 28.8 Å². The van der Waals surface area contributed by atoms with Crippen molar-refractivity contribution in [3.8, 4) is 11.4 Å². The third kappa shape index (κ3) is 3.80. The van der Waals surface area contributed by atoms with Gasteiger partial charge in [0, 0.05) is 24.4 Å². The minimum absolute atomic E-state index is 0.252. The summed E-state index contributed by atoms with van der Waals surface area (Å²) in [5, 5.41) is 7.38. The van der Waals surface area contributed by atoms with E-state index < -0.39 is 12.1 Å². The Hall–Kier alpha value is -3.56. The van der Waals surface area contributed by atoms with Crippen molar-refractivity contribution in [1.29, 1.82) is 0 Å². The molecule has 10 heteroatoms. The van der Waals surface area contributed by atoms with E-state index in [1.165, 1.54) is 16.7 Å². The highest BCUT2D eigenvalue weighted by atomic mass is 19.4. The Morgan fingerprint density at radius 1 is 1.03 bits per heavy atom. The summed E-state index contributed by atoms with van der Waals surface area (Å²) in [6, 6.07) is 8.20. The van der Waals surface area contributed by atoms with Gasteiger partial charge in [0.05, 0.1) is 5.69 Å². The second-order valence-electron chi connectivity index (χ2n) is 6.88. The first-order valence-electron chi connectivity index (χ1n) is 9.17. The van der Waals surface area contributed by atoms with Crippen LogP contribution in [0.2, 0.25) is 0 Å². The third-order valence-electron chi connectivity index (χ3n) is 4.85. The maximum absolute atomic E-state index is 12.9. The lowest BCUT2D eigenvalue weighted by molar-refractivity contribution is -0.274. The molecule has 0 bridgehead atoms. The summed E-state index contributed by atoms with van der Waals surface area (Å²) in [5.74, 6) is -0.0207. The van der Waals surface area contributed by atoms with Crippen LogP contribution in [-0.2, 0) is 19.9 Å². The van der Waals surface area contributed by atoms with Crippen molar-refractivity contribution in [3.05, 3.63) is 74.4 Å². The molecule has 3 aromatic rings. The summed E-state index contributed by atoms with van der Waals surface area (Å²) in [4.78, 5) is 25.2. The van der Waals surface area contributed by atoms with Crippen LogP contribution in [0.5, 0.6) is 5.75 Å². The van der Waals surface area contributed by atoms with E-state index in [1.807, 2.05) is 0 Å². The first-order chi connectivity index (χ1) is 14.2. The summed E-state index contributed by atoms with van der Waals surface area (Å²) in [6.07, 6.45) is -1.20. The summed E-state index contributed by atoms with van der Waals surface area (Å²) in [7, 11) is 1.62. The Balaban J connectivity index is 1.76. The van der Waals surface area contributed by atoms with Gasteiger partial charge in [-0.15, -0.1) is 18.3 Å². The molecule has 30 heavy (non-hydrogen) atoms. The normalized spacial score (nSPS) is 13.2. The van der Waals surface area contributed by atoms with Gasteiger partial charge in [0.1, 0.15) is 11.4 Å². The highest BCUT2D eigenvalue weighted by Gasteiger charge is 2.31. The zero-order chi connectivity index (χ0) is 21.5. The number of aryl methyl sites for hydroxylation is 1. The van der Waals surface area contributed by atoms with Gasteiger partial charge in [0.2, 0.25) is 0 Å². The maximum Gasteiger partial charge on any atom is 0.573 e. The first kappa shape index (κ1) is 19.7. The minimum atomic E-state index is -4.80. The topological polar surface area (TPSA) is 78.2 Å². The molecule has 1 aromatic carbocycles. The molecule has 1 aliphatic rings. The smallest absolute Gasteiger partial charge is 0.406 e. The molecule has 0 fully saturated rings. The molecule has 2 heterocycles. The van der Waals surface area contributed by atoms with Gasteiger partial charge >= 0.3 is 6.36 Å². The fraction of sp³-hybridized carbons (Fsp3) is 0.250. The van der Waals surface area contributed by atoms with E-state index in [4.69, 9.17) is 0 Å². The molecule has 0 atom stereocenters. The van der Waals surface area contributed by atoms with E-state index in [9.17, 15) is 22.8 Å². The molecular formula is C20H17F3N4O3. The molecule has 0 aliphatic heterocycles. The van der Waals surface area contributed by atoms with Crippen molar-refractivity contribution in [3.63, 3.8) is 0 Å². The Morgan fingerprint density at radius 2 is 1.73 bits per heavy atom. The molecular weight excluding hydrogens is 401 g/mol. The second kappa shape index (κ2) is 7.36. The summed E-state index contributed by atoms with van der Waals surface area (Å²) < 4.78 is 43.5. The molecule has 1 N–H and O–H groups in total. The number of anilines is 2. The van der Waals surface area contributed by atoms with Gasteiger partial charge in [0.25, 0.3) is 11.1 Å². The molecule has 2 aromatic heterocycles. The van der Waals surface area contributed by atoms with Crippen LogP contribution in [0.1, 0.15) is 17.5 Å². The number of alkyl halides is 3. The van der Waals surface area contributed by atoms with Crippen LogP contribution in [0.15, 0.2) is 52.2 Å². The van der Waals surface area contributed by atoms with Crippen LogP contribution < -0.4 is 21.2 Å². The van der Waals surface area contributed by atoms with Gasteiger partial charge in [-0.25, -0.2) is 0 Å². The van der Waals surface area contributed by atoms with Gasteiger partial charge in [-0.2, -0.15) is 4.68 Å². The minimum Gasteiger partial charge on any atom is -0.406 e. The van der Waals surface area contributed by atoms with Gasteiger partial charge in [-0.3, -0.25) is 9.59 Å². The Morgan fingerprint density at radius 3 is 2.43 bits per heavy atom. The van der Waals surface area contributed by atoms with Crippen molar-refractivity contribution >= 4 is 11.5 Å². The lowest BCUT2D eigenvalue weighted by Gasteiger charge is -2.14. The predicted molar refractivity (Wildman–Crippen MR) is 104 cm³/mol. The van der Waals surface area contributed by atoms with E-state index in [0.29, 0.717) is 29.9 Å². The lowest BCUT2D eigenvalue weighted by Crippen LogP contribution is -2.27. The number of hydrogen-bond donors (Lipinski definition) is 1. The Bertz CT molecular complexity index is 1210. The molecule has 0 amide bonds. The monoisotopic (exact) mass is 418 g/mol. The zero-order valence-electron chi connectivity index (χ0n) is 15.9. The first-order valence-corrected chi connectivity index (χ1v) is 9.17. The second-order valence-corrected chi connectivity index (χ2v) is 6.88. The quantitative estimate of drug-likeness (QED) is 0.705. The summed E-state index contributed by atoms with van der Waals surface area (Å²) >= 11 is 0. The Kier molecular flexibility index (Phi) is 4.84. The van der Waals surface area contributed by atoms with Gasteiger partial charge < -0.3 is 14.6 Å². The van der Waals surface area contributed by atoms with E-state index >= 15 is 0 Å². The van der Waals surface area contributed by atoms with Crippen molar-refractivity contribution < 1.29 is 17.9 Å². The number of nitrogens with one attached hydrogen (secondary N) is 1. The molecule has 156 valence electrons. The van der Waals surface area contributed by atoms with E-state index in [1.54, 1.807) is 25.4 Å². The maximum atomic E-state index is 12.9. The van der Waals surface area contributed by atoms with Crippen LogP contribution in [0.3, 0.4) is 0 Å². The number of nitrogens with zero attached hydrogens (tertiary/aromatic N) is 3. The molecule has 7 nitrogen and oxygen atoms in total. The van der Waals surface area contributed by atoms with E-state index in [2.05, 4.69) is 15.2 Å². The predicted octanol–water partition coefficient (Wildman–Crippen LogP) is 3.06. The lowest BCUT2D eigenvalue weighted by atomic mass is 10.2. The number of halogens is 3. The highest BCUT2D eigenvalue weighted by molar-refractivity contribution is 5.60. The highest BCUT2D eigenvalue weighted by Crippen LogP contribution is 2.28. The molecule has 1 aliphatic carbocycles. The van der Waals surface area contributed by atoms with Crippen LogP contribution in [-0.4, -0.2) is 20.7 Å². The van der Waals surface area contributed by atoms with Crippen LogP contribution >= 0.6 is 0 Å². The summed E-state index contributed by atoms with van der Waals surface area (Å²) in [6.45, 7) is 0. The largest absolute Gasteiger partial charge is 0.573 e. The molecule has 4 rings (SSSR count). The third-order valence-corrected chi connectivity index (χ3v) is 4.85. The van der Waals surface area contributed by atoms with Crippen molar-refractivity contribution in [2.75, 3.05) is 5.32 Å². The SMILES string of the molecule is Cn1cccc(Nc2nn(-c3ccc(OC(F)(F)F)cc3)c(=O)c3c2CCC3)c1=O. The van der Waals surface area contributed by atoms with Crippen LogP contribution in [0, 0.1) is 0 Å².